The van der Waals surface area contributed by atoms with Gasteiger partial charge in [0.05, 0.1) is 7.11 Å². The Morgan fingerprint density at radius 1 is 1.38 bits per heavy atom. The highest BCUT2D eigenvalue weighted by Crippen LogP contribution is 2.39. The van der Waals surface area contributed by atoms with Crippen molar-refractivity contribution in [3.8, 4) is 5.75 Å². The van der Waals surface area contributed by atoms with Crippen molar-refractivity contribution < 1.29 is 9.13 Å². The molecule has 88 valence electrons. The molecule has 0 radical (unpaired) electrons. The summed E-state index contributed by atoms with van der Waals surface area (Å²) in [7, 11) is 1.52. The summed E-state index contributed by atoms with van der Waals surface area (Å²) in [5.74, 6) is 0.488. The fourth-order valence-electron chi connectivity index (χ4n) is 2.25. The first-order valence-electron chi connectivity index (χ1n) is 5.46. The summed E-state index contributed by atoms with van der Waals surface area (Å²) >= 11 is 3.49. The number of piperidine rings is 1. The van der Waals surface area contributed by atoms with Crippen LogP contribution in [-0.4, -0.2) is 20.2 Å². The van der Waals surface area contributed by atoms with E-state index < -0.39 is 0 Å². The van der Waals surface area contributed by atoms with Crippen molar-refractivity contribution in [2.75, 3.05) is 20.2 Å². The molecule has 0 unspecified atom stereocenters. The summed E-state index contributed by atoms with van der Waals surface area (Å²) in [6.07, 6.45) is 2.05. The van der Waals surface area contributed by atoms with Crippen LogP contribution in [0.2, 0.25) is 0 Å². The van der Waals surface area contributed by atoms with Crippen LogP contribution in [0.15, 0.2) is 16.6 Å². The molecule has 1 N–H and O–H groups in total. The van der Waals surface area contributed by atoms with Gasteiger partial charge in [0.15, 0.2) is 11.6 Å². The lowest BCUT2D eigenvalue weighted by Crippen LogP contribution is -2.27. The zero-order valence-corrected chi connectivity index (χ0v) is 10.8. The minimum atomic E-state index is -0.278. The number of hydrogen-bond acceptors (Lipinski definition) is 2. The van der Waals surface area contributed by atoms with E-state index in [1.165, 1.54) is 13.2 Å². The first-order valence-corrected chi connectivity index (χ1v) is 6.26. The Morgan fingerprint density at radius 2 is 2.06 bits per heavy atom. The largest absolute Gasteiger partial charge is 0.493 e. The number of rotatable bonds is 2. The molecule has 0 bridgehead atoms. The minimum Gasteiger partial charge on any atom is -0.493 e. The zero-order chi connectivity index (χ0) is 11.5. The van der Waals surface area contributed by atoms with Gasteiger partial charge in [0.2, 0.25) is 0 Å². The van der Waals surface area contributed by atoms with E-state index in [1.807, 2.05) is 0 Å². The van der Waals surface area contributed by atoms with Gasteiger partial charge in [-0.15, -0.1) is 0 Å². The normalized spacial score (nSPS) is 17.4. The van der Waals surface area contributed by atoms with Crippen LogP contribution in [0.5, 0.6) is 5.75 Å². The molecule has 0 aromatic heterocycles. The fourth-order valence-corrected chi connectivity index (χ4v) is 2.88. The first-order chi connectivity index (χ1) is 7.74. The average molecular weight is 288 g/mol. The van der Waals surface area contributed by atoms with E-state index in [-0.39, 0.29) is 5.82 Å². The van der Waals surface area contributed by atoms with Crippen LogP contribution in [0, 0.1) is 5.82 Å². The van der Waals surface area contributed by atoms with Crippen molar-refractivity contribution in [2.24, 2.45) is 0 Å². The SMILES string of the molecule is COc1c(F)ccc(Br)c1C1CCNCC1. The molecule has 0 saturated carbocycles. The number of ether oxygens (including phenoxy) is 1. The van der Waals surface area contributed by atoms with Crippen LogP contribution in [-0.2, 0) is 0 Å². The minimum absolute atomic E-state index is 0.278. The third-order valence-electron chi connectivity index (χ3n) is 3.05. The molecule has 1 aromatic rings. The molecule has 4 heteroatoms. The number of methoxy groups -OCH3 is 1. The average Bonchev–Trinajstić information content (AvgIpc) is 2.33. The second-order valence-corrected chi connectivity index (χ2v) is 4.85. The Hall–Kier alpha value is -0.610. The van der Waals surface area contributed by atoms with Gasteiger partial charge in [-0.05, 0) is 44.0 Å². The van der Waals surface area contributed by atoms with Crippen molar-refractivity contribution in [1.82, 2.24) is 5.32 Å². The van der Waals surface area contributed by atoms with Crippen LogP contribution in [0.1, 0.15) is 24.3 Å². The molecule has 1 aliphatic heterocycles. The van der Waals surface area contributed by atoms with Gasteiger partial charge < -0.3 is 10.1 Å². The molecular weight excluding hydrogens is 273 g/mol. The second-order valence-electron chi connectivity index (χ2n) is 4.00. The quantitative estimate of drug-likeness (QED) is 0.903. The number of benzene rings is 1. The molecule has 1 fully saturated rings. The summed E-state index contributed by atoms with van der Waals surface area (Å²) in [5.41, 5.74) is 0.976. The molecule has 0 spiro atoms. The summed E-state index contributed by atoms with van der Waals surface area (Å²) < 4.78 is 19.8. The lowest BCUT2D eigenvalue weighted by molar-refractivity contribution is 0.367. The number of nitrogens with one attached hydrogen (secondary N) is 1. The van der Waals surface area contributed by atoms with Gasteiger partial charge in [-0.25, -0.2) is 4.39 Å². The van der Waals surface area contributed by atoms with Crippen LogP contribution >= 0.6 is 15.9 Å². The van der Waals surface area contributed by atoms with Gasteiger partial charge in [0.1, 0.15) is 0 Å². The van der Waals surface area contributed by atoms with Crippen molar-refractivity contribution >= 4 is 15.9 Å². The summed E-state index contributed by atoms with van der Waals surface area (Å²) in [5, 5.41) is 3.31. The van der Waals surface area contributed by atoms with Crippen molar-refractivity contribution in [3.63, 3.8) is 0 Å². The molecule has 0 amide bonds. The smallest absolute Gasteiger partial charge is 0.165 e. The second kappa shape index (κ2) is 5.15. The summed E-state index contributed by atoms with van der Waals surface area (Å²) in [4.78, 5) is 0. The van der Waals surface area contributed by atoms with E-state index in [9.17, 15) is 4.39 Å². The van der Waals surface area contributed by atoms with E-state index in [0.29, 0.717) is 11.7 Å². The Balaban J connectivity index is 2.40. The van der Waals surface area contributed by atoms with E-state index >= 15 is 0 Å². The molecule has 1 heterocycles. The molecule has 1 aliphatic rings. The van der Waals surface area contributed by atoms with E-state index in [1.54, 1.807) is 6.07 Å². The molecule has 2 rings (SSSR count). The summed E-state index contributed by atoms with van der Waals surface area (Å²) in [6.45, 7) is 1.97. The Kier molecular flexibility index (Phi) is 3.82. The van der Waals surface area contributed by atoms with E-state index in [0.717, 1.165) is 36.0 Å². The van der Waals surface area contributed by atoms with E-state index in [4.69, 9.17) is 4.74 Å². The highest BCUT2D eigenvalue weighted by atomic mass is 79.9. The summed E-state index contributed by atoms with van der Waals surface area (Å²) in [6, 6.07) is 3.20. The Labute approximate surface area is 103 Å². The maximum absolute atomic E-state index is 13.6. The van der Waals surface area contributed by atoms with Crippen LogP contribution in [0.3, 0.4) is 0 Å². The highest BCUT2D eigenvalue weighted by molar-refractivity contribution is 9.10. The van der Waals surface area contributed by atoms with Gasteiger partial charge in [0.25, 0.3) is 0 Å². The standard InChI is InChI=1S/C12H15BrFNO/c1-16-12-10(14)3-2-9(13)11(12)8-4-6-15-7-5-8/h2-3,8,15H,4-7H2,1H3. The van der Waals surface area contributed by atoms with Crippen LogP contribution in [0.25, 0.3) is 0 Å². The molecule has 2 nitrogen and oxygen atoms in total. The molecule has 1 aromatic carbocycles. The van der Waals surface area contributed by atoms with Gasteiger partial charge in [-0.2, -0.15) is 0 Å². The molecule has 1 saturated heterocycles. The monoisotopic (exact) mass is 287 g/mol. The van der Waals surface area contributed by atoms with Crippen molar-refractivity contribution in [2.45, 2.75) is 18.8 Å². The van der Waals surface area contributed by atoms with Gasteiger partial charge in [0, 0.05) is 10.0 Å². The number of halogens is 2. The maximum Gasteiger partial charge on any atom is 0.165 e. The van der Waals surface area contributed by atoms with Crippen LogP contribution < -0.4 is 10.1 Å². The lowest BCUT2D eigenvalue weighted by atomic mass is 9.89. The predicted molar refractivity (Wildman–Crippen MR) is 65.5 cm³/mol. The third-order valence-corrected chi connectivity index (χ3v) is 3.74. The molecule has 16 heavy (non-hydrogen) atoms. The zero-order valence-electron chi connectivity index (χ0n) is 9.22. The van der Waals surface area contributed by atoms with Gasteiger partial charge in [-0.3, -0.25) is 0 Å². The van der Waals surface area contributed by atoms with Crippen molar-refractivity contribution in [1.29, 1.82) is 0 Å². The van der Waals surface area contributed by atoms with E-state index in [2.05, 4.69) is 21.2 Å². The maximum atomic E-state index is 13.6. The molecular formula is C12H15BrFNO. The van der Waals surface area contributed by atoms with Crippen LogP contribution in [0.4, 0.5) is 4.39 Å². The highest BCUT2D eigenvalue weighted by Gasteiger charge is 2.23. The fraction of sp³-hybridized carbons (Fsp3) is 0.500. The predicted octanol–water partition coefficient (Wildman–Crippen LogP) is 3.06. The first kappa shape index (κ1) is 11.9. The van der Waals surface area contributed by atoms with Gasteiger partial charge in [-0.1, -0.05) is 15.9 Å². The Bertz CT molecular complexity index is 378. The van der Waals surface area contributed by atoms with Crippen molar-refractivity contribution in [3.05, 3.63) is 28.0 Å². The topological polar surface area (TPSA) is 21.3 Å². The number of hydrogen-bond donors (Lipinski definition) is 1. The lowest BCUT2D eigenvalue weighted by Gasteiger charge is -2.25. The molecule has 0 aliphatic carbocycles. The Morgan fingerprint density at radius 3 is 2.69 bits per heavy atom. The third kappa shape index (κ3) is 2.23. The molecule has 0 atom stereocenters. The van der Waals surface area contributed by atoms with Gasteiger partial charge >= 0.3 is 0 Å².